The molecule has 1 aliphatic carbocycles. The number of aryl methyl sites for hydroxylation is 1. The van der Waals surface area contributed by atoms with Gasteiger partial charge in [0.25, 0.3) is 0 Å². The van der Waals surface area contributed by atoms with Crippen molar-refractivity contribution >= 4 is 10.0 Å². The van der Waals surface area contributed by atoms with Crippen LogP contribution < -0.4 is 10.5 Å². The average molecular weight is 298 g/mol. The highest BCUT2D eigenvalue weighted by Crippen LogP contribution is 2.24. The van der Waals surface area contributed by atoms with Gasteiger partial charge < -0.3 is 10.5 Å². The lowest BCUT2D eigenvalue weighted by Gasteiger charge is -2.15. The van der Waals surface area contributed by atoms with E-state index < -0.39 is 10.0 Å². The van der Waals surface area contributed by atoms with Crippen LogP contribution in [0.3, 0.4) is 0 Å². The Hall–Kier alpha value is -0.950. The van der Waals surface area contributed by atoms with E-state index in [2.05, 4.69) is 4.72 Å². The summed E-state index contributed by atoms with van der Waals surface area (Å²) in [7, 11) is -1.84. The topological polar surface area (TPSA) is 81.4 Å². The van der Waals surface area contributed by atoms with E-state index in [-0.39, 0.29) is 12.1 Å². The van der Waals surface area contributed by atoms with Gasteiger partial charge >= 0.3 is 0 Å². The fourth-order valence-electron chi connectivity index (χ4n) is 2.61. The van der Waals surface area contributed by atoms with Crippen molar-refractivity contribution in [1.29, 1.82) is 0 Å². The summed E-state index contributed by atoms with van der Waals surface area (Å²) in [6.07, 6.45) is 2.59. The summed E-state index contributed by atoms with van der Waals surface area (Å²) >= 11 is 0. The molecule has 5 nitrogen and oxygen atoms in total. The third kappa shape index (κ3) is 3.38. The Kier molecular flexibility index (Phi) is 4.80. The second-order valence-corrected chi connectivity index (χ2v) is 6.98. The lowest BCUT2D eigenvalue weighted by atomic mass is 10.1. The van der Waals surface area contributed by atoms with Crippen LogP contribution in [0.15, 0.2) is 23.1 Å². The van der Waals surface area contributed by atoms with Crippen LogP contribution >= 0.6 is 0 Å². The molecule has 2 rings (SSSR count). The lowest BCUT2D eigenvalue weighted by molar-refractivity contribution is 0.107. The molecule has 0 aliphatic heterocycles. The molecule has 0 bridgehead atoms. The lowest BCUT2D eigenvalue weighted by Crippen LogP contribution is -2.33. The van der Waals surface area contributed by atoms with Gasteiger partial charge in [-0.15, -0.1) is 0 Å². The SMILES string of the molecule is COC1CCC(NS(=O)(=O)c2cc(CN)ccc2C)C1. The fourth-order valence-corrected chi connectivity index (χ4v) is 4.18. The van der Waals surface area contributed by atoms with Crippen molar-refractivity contribution in [2.75, 3.05) is 7.11 Å². The number of benzene rings is 1. The van der Waals surface area contributed by atoms with Gasteiger partial charge in [0.05, 0.1) is 11.0 Å². The van der Waals surface area contributed by atoms with E-state index in [1.165, 1.54) is 0 Å². The highest BCUT2D eigenvalue weighted by molar-refractivity contribution is 7.89. The molecule has 0 spiro atoms. The Bertz CT molecular complexity index is 572. The maximum atomic E-state index is 12.5. The number of nitrogens with two attached hydrogens (primary N) is 1. The highest BCUT2D eigenvalue weighted by Gasteiger charge is 2.29. The summed E-state index contributed by atoms with van der Waals surface area (Å²) in [5.41, 5.74) is 7.13. The number of ether oxygens (including phenoxy) is 1. The van der Waals surface area contributed by atoms with Gasteiger partial charge in [-0.2, -0.15) is 0 Å². The quantitative estimate of drug-likeness (QED) is 0.858. The second-order valence-electron chi connectivity index (χ2n) is 5.29. The molecule has 0 aromatic heterocycles. The second kappa shape index (κ2) is 6.22. The number of sulfonamides is 1. The standard InChI is InChI=1S/C14H22N2O3S/c1-10-3-4-11(9-15)7-14(10)20(17,18)16-12-5-6-13(8-12)19-2/h3-4,7,12-13,16H,5-6,8-9,15H2,1-2H3. The van der Waals surface area contributed by atoms with Crippen molar-refractivity contribution in [3.63, 3.8) is 0 Å². The van der Waals surface area contributed by atoms with Crippen LogP contribution in [0, 0.1) is 6.92 Å². The summed E-state index contributed by atoms with van der Waals surface area (Å²) in [4.78, 5) is 0.321. The Morgan fingerprint density at radius 1 is 1.40 bits per heavy atom. The van der Waals surface area contributed by atoms with E-state index in [9.17, 15) is 8.42 Å². The van der Waals surface area contributed by atoms with Crippen LogP contribution in [0.5, 0.6) is 0 Å². The molecular weight excluding hydrogens is 276 g/mol. The Morgan fingerprint density at radius 2 is 2.15 bits per heavy atom. The van der Waals surface area contributed by atoms with Crippen molar-refractivity contribution in [2.45, 2.75) is 49.8 Å². The van der Waals surface area contributed by atoms with Gasteiger partial charge in [-0.1, -0.05) is 12.1 Å². The van der Waals surface area contributed by atoms with Crippen LogP contribution in [-0.2, 0) is 21.3 Å². The summed E-state index contributed by atoms with van der Waals surface area (Å²) < 4.78 is 33.0. The van der Waals surface area contributed by atoms with Gasteiger partial charge in [-0.25, -0.2) is 13.1 Å². The third-order valence-corrected chi connectivity index (χ3v) is 5.48. The minimum Gasteiger partial charge on any atom is -0.381 e. The zero-order valence-electron chi connectivity index (χ0n) is 11.9. The molecule has 6 heteroatoms. The predicted molar refractivity (Wildman–Crippen MR) is 77.8 cm³/mol. The molecule has 0 saturated heterocycles. The van der Waals surface area contributed by atoms with E-state index in [0.29, 0.717) is 11.4 Å². The van der Waals surface area contributed by atoms with Crippen LogP contribution in [0.1, 0.15) is 30.4 Å². The van der Waals surface area contributed by atoms with Crippen LogP contribution in [-0.4, -0.2) is 27.7 Å². The summed E-state index contributed by atoms with van der Waals surface area (Å²) in [6, 6.07) is 5.25. The van der Waals surface area contributed by atoms with Crippen LogP contribution in [0.25, 0.3) is 0 Å². The fraction of sp³-hybridized carbons (Fsp3) is 0.571. The molecule has 2 atom stereocenters. The van der Waals surface area contributed by atoms with Crippen molar-refractivity contribution in [3.05, 3.63) is 29.3 Å². The van der Waals surface area contributed by atoms with Crippen molar-refractivity contribution < 1.29 is 13.2 Å². The Balaban J connectivity index is 2.18. The largest absolute Gasteiger partial charge is 0.381 e. The van der Waals surface area contributed by atoms with E-state index in [1.807, 2.05) is 6.07 Å². The first-order valence-corrected chi connectivity index (χ1v) is 8.29. The van der Waals surface area contributed by atoms with Crippen LogP contribution in [0.2, 0.25) is 0 Å². The maximum absolute atomic E-state index is 12.5. The minimum atomic E-state index is -3.50. The summed E-state index contributed by atoms with van der Waals surface area (Å²) in [5.74, 6) is 0. The third-order valence-electron chi connectivity index (χ3n) is 3.82. The maximum Gasteiger partial charge on any atom is 0.241 e. The van der Waals surface area contributed by atoms with E-state index >= 15 is 0 Å². The zero-order chi connectivity index (χ0) is 14.8. The van der Waals surface area contributed by atoms with Crippen molar-refractivity contribution in [3.8, 4) is 0 Å². The molecule has 0 radical (unpaired) electrons. The van der Waals surface area contributed by atoms with Crippen molar-refractivity contribution in [2.24, 2.45) is 5.73 Å². The predicted octanol–water partition coefficient (Wildman–Crippen LogP) is 1.30. The van der Waals surface area contributed by atoms with Crippen molar-refractivity contribution in [1.82, 2.24) is 4.72 Å². The minimum absolute atomic E-state index is 0.0501. The molecule has 3 N–H and O–H groups in total. The molecule has 0 amide bonds. The van der Waals surface area contributed by atoms with E-state index in [0.717, 1.165) is 30.4 Å². The highest BCUT2D eigenvalue weighted by atomic mass is 32.2. The molecular formula is C14H22N2O3S. The average Bonchev–Trinajstić information content (AvgIpc) is 2.86. The first-order valence-electron chi connectivity index (χ1n) is 6.81. The van der Waals surface area contributed by atoms with Gasteiger partial charge in [-0.05, 0) is 43.4 Å². The number of hydrogen-bond donors (Lipinski definition) is 2. The van der Waals surface area contributed by atoms with E-state index in [1.54, 1.807) is 26.2 Å². The summed E-state index contributed by atoms with van der Waals surface area (Å²) in [6.45, 7) is 2.12. The first-order chi connectivity index (χ1) is 9.46. The summed E-state index contributed by atoms with van der Waals surface area (Å²) in [5, 5.41) is 0. The number of nitrogens with one attached hydrogen (secondary N) is 1. The van der Waals surface area contributed by atoms with Gasteiger partial charge in [0, 0.05) is 19.7 Å². The molecule has 1 aromatic carbocycles. The molecule has 1 aromatic rings. The van der Waals surface area contributed by atoms with Gasteiger partial charge in [0.2, 0.25) is 10.0 Å². The molecule has 20 heavy (non-hydrogen) atoms. The monoisotopic (exact) mass is 298 g/mol. The Labute approximate surface area is 120 Å². The molecule has 1 fully saturated rings. The first kappa shape index (κ1) is 15.4. The zero-order valence-corrected chi connectivity index (χ0v) is 12.7. The molecule has 2 unspecified atom stereocenters. The molecule has 112 valence electrons. The normalized spacial score (nSPS) is 23.1. The Morgan fingerprint density at radius 3 is 2.75 bits per heavy atom. The van der Waals surface area contributed by atoms with Gasteiger partial charge in [-0.3, -0.25) is 0 Å². The van der Waals surface area contributed by atoms with E-state index in [4.69, 9.17) is 10.5 Å². The number of hydrogen-bond acceptors (Lipinski definition) is 4. The smallest absolute Gasteiger partial charge is 0.241 e. The molecule has 1 aliphatic rings. The molecule has 0 heterocycles. The van der Waals surface area contributed by atoms with Gasteiger partial charge in [0.1, 0.15) is 0 Å². The molecule has 1 saturated carbocycles. The number of rotatable bonds is 5. The number of methoxy groups -OCH3 is 1. The van der Waals surface area contributed by atoms with Crippen LogP contribution in [0.4, 0.5) is 0 Å². The van der Waals surface area contributed by atoms with Gasteiger partial charge in [0.15, 0.2) is 0 Å².